The van der Waals surface area contributed by atoms with Gasteiger partial charge in [0.2, 0.25) is 0 Å². The van der Waals surface area contributed by atoms with Gasteiger partial charge in [0.25, 0.3) is 0 Å². The summed E-state index contributed by atoms with van der Waals surface area (Å²) in [5.41, 5.74) is 4.83. The van der Waals surface area contributed by atoms with Crippen molar-refractivity contribution in [2.75, 3.05) is 6.61 Å². The van der Waals surface area contributed by atoms with E-state index in [1.54, 1.807) is 12.2 Å². The zero-order valence-corrected chi connectivity index (χ0v) is 14.9. The standard InChI is InChI=1S/C20H32O2/c1-16(2)14-20(22)15-19(5)11-7-9-17(3)8-6-10-18(4)12-13-21/h8,12,14-15,21H,6-7,9-11,13H2,1-5H3/b17-8+,18-12+,19-15+. The van der Waals surface area contributed by atoms with Gasteiger partial charge in [-0.2, -0.15) is 0 Å². The van der Waals surface area contributed by atoms with Gasteiger partial charge >= 0.3 is 0 Å². The first-order chi connectivity index (χ1) is 10.3. The molecule has 0 aromatic rings. The first-order valence-electron chi connectivity index (χ1n) is 8.13. The smallest absolute Gasteiger partial charge is 0.178 e. The molecule has 0 aliphatic carbocycles. The van der Waals surface area contributed by atoms with Gasteiger partial charge in [-0.25, -0.2) is 0 Å². The Labute approximate surface area is 136 Å². The summed E-state index contributed by atoms with van der Waals surface area (Å²) in [6.45, 7) is 10.2. The van der Waals surface area contributed by atoms with Gasteiger partial charge in [0.1, 0.15) is 0 Å². The van der Waals surface area contributed by atoms with E-state index in [9.17, 15) is 4.79 Å². The summed E-state index contributed by atoms with van der Waals surface area (Å²) in [5.74, 6) is 0.0934. The predicted molar refractivity (Wildman–Crippen MR) is 95.9 cm³/mol. The summed E-state index contributed by atoms with van der Waals surface area (Å²) in [6, 6.07) is 0. The Hall–Kier alpha value is -1.41. The zero-order chi connectivity index (χ0) is 17.0. The third-order valence-electron chi connectivity index (χ3n) is 3.43. The molecular weight excluding hydrogens is 272 g/mol. The van der Waals surface area contributed by atoms with Gasteiger partial charge < -0.3 is 5.11 Å². The molecule has 0 heterocycles. The highest BCUT2D eigenvalue weighted by atomic mass is 16.2. The molecule has 0 aromatic carbocycles. The van der Waals surface area contributed by atoms with Crippen LogP contribution in [0.15, 0.2) is 46.6 Å². The first kappa shape index (κ1) is 20.6. The average Bonchev–Trinajstić information content (AvgIpc) is 2.37. The van der Waals surface area contributed by atoms with Gasteiger partial charge in [-0.05, 0) is 78.9 Å². The van der Waals surface area contributed by atoms with E-state index in [0.29, 0.717) is 0 Å². The fourth-order valence-corrected chi connectivity index (χ4v) is 2.19. The van der Waals surface area contributed by atoms with E-state index in [4.69, 9.17) is 5.11 Å². The Morgan fingerprint density at radius 2 is 1.41 bits per heavy atom. The molecule has 0 saturated heterocycles. The number of hydrogen-bond acceptors (Lipinski definition) is 2. The van der Waals surface area contributed by atoms with Crippen molar-refractivity contribution in [3.05, 3.63) is 46.6 Å². The largest absolute Gasteiger partial charge is 0.392 e. The van der Waals surface area contributed by atoms with Crippen LogP contribution in [-0.2, 0) is 4.79 Å². The highest BCUT2D eigenvalue weighted by Crippen LogP contribution is 2.14. The maximum atomic E-state index is 11.6. The Kier molecular flexibility index (Phi) is 11.4. The lowest BCUT2D eigenvalue weighted by atomic mass is 10.0. The molecule has 0 aliphatic rings. The van der Waals surface area contributed by atoms with Crippen molar-refractivity contribution in [3.8, 4) is 0 Å². The van der Waals surface area contributed by atoms with Crippen LogP contribution in [0.5, 0.6) is 0 Å². The van der Waals surface area contributed by atoms with Crippen molar-refractivity contribution in [1.82, 2.24) is 0 Å². The van der Waals surface area contributed by atoms with E-state index >= 15 is 0 Å². The Morgan fingerprint density at radius 3 is 2.00 bits per heavy atom. The van der Waals surface area contributed by atoms with E-state index in [2.05, 4.69) is 19.9 Å². The summed E-state index contributed by atoms with van der Waals surface area (Å²) in [6.07, 6.45) is 12.7. The molecule has 2 heteroatoms. The van der Waals surface area contributed by atoms with Gasteiger partial charge in [0, 0.05) is 0 Å². The molecule has 0 spiro atoms. The second kappa shape index (κ2) is 12.2. The monoisotopic (exact) mass is 304 g/mol. The lowest BCUT2D eigenvalue weighted by molar-refractivity contribution is -0.110. The molecule has 22 heavy (non-hydrogen) atoms. The number of allylic oxidation sites excluding steroid dienone is 7. The zero-order valence-electron chi connectivity index (χ0n) is 14.9. The molecule has 0 bridgehead atoms. The molecule has 0 aliphatic heterocycles. The molecule has 0 rings (SSSR count). The van der Waals surface area contributed by atoms with E-state index in [-0.39, 0.29) is 12.4 Å². The van der Waals surface area contributed by atoms with Gasteiger partial charge in [-0.1, -0.05) is 34.4 Å². The highest BCUT2D eigenvalue weighted by Gasteiger charge is 1.97. The fraction of sp³-hybridized carbons (Fsp3) is 0.550. The van der Waals surface area contributed by atoms with E-state index < -0.39 is 0 Å². The molecule has 0 amide bonds. The predicted octanol–water partition coefficient (Wildman–Crippen LogP) is 5.30. The summed E-state index contributed by atoms with van der Waals surface area (Å²) in [4.78, 5) is 11.6. The van der Waals surface area contributed by atoms with Crippen LogP contribution in [0.3, 0.4) is 0 Å². The van der Waals surface area contributed by atoms with Crippen molar-refractivity contribution < 1.29 is 9.90 Å². The van der Waals surface area contributed by atoms with Crippen LogP contribution < -0.4 is 0 Å². The third kappa shape index (κ3) is 12.3. The Balaban J connectivity index is 4.08. The molecule has 2 nitrogen and oxygen atoms in total. The van der Waals surface area contributed by atoms with E-state index in [1.165, 1.54) is 11.1 Å². The maximum absolute atomic E-state index is 11.6. The minimum Gasteiger partial charge on any atom is -0.392 e. The number of aliphatic hydroxyl groups is 1. The number of ketones is 1. The number of carbonyl (C=O) groups excluding carboxylic acids is 1. The molecule has 0 radical (unpaired) electrons. The molecule has 124 valence electrons. The van der Waals surface area contributed by atoms with Crippen molar-refractivity contribution in [3.63, 3.8) is 0 Å². The minimum atomic E-state index is 0.0934. The lowest BCUT2D eigenvalue weighted by Gasteiger charge is -2.03. The van der Waals surface area contributed by atoms with Crippen LogP contribution >= 0.6 is 0 Å². The lowest BCUT2D eigenvalue weighted by Crippen LogP contribution is -1.90. The number of carbonyl (C=O) groups is 1. The van der Waals surface area contributed by atoms with Gasteiger partial charge in [0.15, 0.2) is 5.78 Å². The van der Waals surface area contributed by atoms with E-state index in [1.807, 2.05) is 26.8 Å². The Bertz CT molecular complexity index is 458. The third-order valence-corrected chi connectivity index (χ3v) is 3.43. The number of aliphatic hydroxyl groups excluding tert-OH is 1. The van der Waals surface area contributed by atoms with Gasteiger partial charge in [-0.3, -0.25) is 4.79 Å². The van der Waals surface area contributed by atoms with Gasteiger partial charge in [-0.15, -0.1) is 0 Å². The highest BCUT2D eigenvalue weighted by molar-refractivity contribution is 5.99. The Morgan fingerprint density at radius 1 is 0.818 bits per heavy atom. The summed E-state index contributed by atoms with van der Waals surface area (Å²) in [5, 5.41) is 8.80. The normalized spacial score (nSPS) is 13.3. The quantitative estimate of drug-likeness (QED) is 0.439. The summed E-state index contributed by atoms with van der Waals surface area (Å²) in [7, 11) is 0. The molecule has 0 fully saturated rings. The second-order valence-electron chi connectivity index (χ2n) is 6.29. The van der Waals surface area contributed by atoms with Crippen LogP contribution in [0.25, 0.3) is 0 Å². The topological polar surface area (TPSA) is 37.3 Å². The van der Waals surface area contributed by atoms with Crippen LogP contribution in [-0.4, -0.2) is 17.5 Å². The van der Waals surface area contributed by atoms with Crippen LogP contribution in [0.2, 0.25) is 0 Å². The van der Waals surface area contributed by atoms with Crippen molar-refractivity contribution in [2.24, 2.45) is 0 Å². The van der Waals surface area contributed by atoms with Gasteiger partial charge in [0.05, 0.1) is 6.61 Å². The van der Waals surface area contributed by atoms with E-state index in [0.717, 1.165) is 43.3 Å². The van der Waals surface area contributed by atoms with Crippen LogP contribution in [0.1, 0.15) is 66.7 Å². The van der Waals surface area contributed by atoms with Crippen molar-refractivity contribution in [1.29, 1.82) is 0 Å². The average molecular weight is 304 g/mol. The first-order valence-corrected chi connectivity index (χ1v) is 8.13. The minimum absolute atomic E-state index is 0.0934. The molecule has 0 saturated carbocycles. The molecule has 0 atom stereocenters. The van der Waals surface area contributed by atoms with Crippen molar-refractivity contribution >= 4 is 5.78 Å². The second-order valence-corrected chi connectivity index (χ2v) is 6.29. The fourth-order valence-electron chi connectivity index (χ4n) is 2.19. The summed E-state index contributed by atoms with van der Waals surface area (Å²) >= 11 is 0. The van der Waals surface area contributed by atoms with Crippen LogP contribution in [0, 0.1) is 0 Å². The number of hydrogen-bond donors (Lipinski definition) is 1. The van der Waals surface area contributed by atoms with Crippen LogP contribution in [0.4, 0.5) is 0 Å². The SMILES string of the molecule is CC(C)=CC(=O)/C=C(\C)CCC/C(C)=C/CC/C(C)=C/CO. The molecule has 0 aromatic heterocycles. The number of rotatable bonds is 10. The van der Waals surface area contributed by atoms with Crippen molar-refractivity contribution in [2.45, 2.75) is 66.7 Å². The molecular formula is C20H32O2. The summed E-state index contributed by atoms with van der Waals surface area (Å²) < 4.78 is 0. The molecule has 0 unspecified atom stereocenters. The maximum Gasteiger partial charge on any atom is 0.178 e. The molecule has 1 N–H and O–H groups in total.